The predicted molar refractivity (Wildman–Crippen MR) is 207 cm³/mol. The van der Waals surface area contributed by atoms with Crippen LogP contribution < -0.4 is 4.90 Å². The summed E-state index contributed by atoms with van der Waals surface area (Å²) < 4.78 is 0. The zero-order valence-electron chi connectivity index (χ0n) is 28.0. The van der Waals surface area contributed by atoms with E-state index >= 15 is 0 Å². The second kappa shape index (κ2) is 14.6. The lowest BCUT2D eigenvalue weighted by molar-refractivity contribution is 0.847. The van der Waals surface area contributed by atoms with E-state index in [1.165, 1.54) is 44.5 Å². The van der Waals surface area contributed by atoms with Gasteiger partial charge in [0, 0.05) is 23.0 Å². The fourth-order valence-corrected chi connectivity index (χ4v) is 6.93. The molecule has 0 bridgehead atoms. The Kier molecular flexibility index (Phi) is 9.48. The summed E-state index contributed by atoms with van der Waals surface area (Å²) >= 11 is 0. The van der Waals surface area contributed by atoms with Gasteiger partial charge >= 0.3 is 0 Å². The molecule has 0 aliphatic heterocycles. The van der Waals surface area contributed by atoms with Gasteiger partial charge in [-0.2, -0.15) is 0 Å². The molecule has 0 spiro atoms. The molecule has 5 aromatic rings. The van der Waals surface area contributed by atoms with Gasteiger partial charge in [0.15, 0.2) is 0 Å². The number of hydrogen-bond donors (Lipinski definition) is 0. The Bertz CT molecular complexity index is 1970. The van der Waals surface area contributed by atoms with E-state index < -0.39 is 0 Å². The van der Waals surface area contributed by atoms with Gasteiger partial charge in [0.25, 0.3) is 0 Å². The van der Waals surface area contributed by atoms with Crippen molar-refractivity contribution in [1.29, 1.82) is 0 Å². The predicted octanol–water partition coefficient (Wildman–Crippen LogP) is 13.1. The van der Waals surface area contributed by atoms with Gasteiger partial charge in [-0.3, -0.25) is 0 Å². The zero-order valence-corrected chi connectivity index (χ0v) is 28.0. The van der Waals surface area contributed by atoms with Crippen LogP contribution in [0.15, 0.2) is 182 Å². The van der Waals surface area contributed by atoms with E-state index in [2.05, 4.69) is 195 Å². The molecule has 48 heavy (non-hydrogen) atoms. The topological polar surface area (TPSA) is 3.24 Å². The van der Waals surface area contributed by atoms with Crippen molar-refractivity contribution >= 4 is 33.8 Å². The van der Waals surface area contributed by atoms with Gasteiger partial charge in [-0.25, -0.2) is 0 Å². The molecule has 0 saturated carbocycles. The molecular formula is C47H43N. The van der Waals surface area contributed by atoms with Crippen molar-refractivity contribution < 1.29 is 0 Å². The number of nitrogens with zero attached hydrogens (tertiary/aromatic N) is 1. The summed E-state index contributed by atoms with van der Waals surface area (Å²) in [5, 5.41) is 0. The van der Waals surface area contributed by atoms with E-state index in [4.69, 9.17) is 0 Å². The Morgan fingerprint density at radius 3 is 1.73 bits per heavy atom. The van der Waals surface area contributed by atoms with Crippen LogP contribution in [0.2, 0.25) is 0 Å². The second-order valence-corrected chi connectivity index (χ2v) is 13.0. The van der Waals surface area contributed by atoms with E-state index in [-0.39, 0.29) is 5.92 Å². The molecule has 0 fully saturated rings. The van der Waals surface area contributed by atoms with Crippen LogP contribution in [0.4, 0.5) is 17.1 Å². The van der Waals surface area contributed by atoms with Gasteiger partial charge in [-0.05, 0) is 106 Å². The highest BCUT2D eigenvalue weighted by molar-refractivity contribution is 6.01. The van der Waals surface area contributed by atoms with Gasteiger partial charge < -0.3 is 4.90 Å². The van der Waals surface area contributed by atoms with E-state index in [9.17, 15) is 0 Å². The monoisotopic (exact) mass is 621 g/mol. The van der Waals surface area contributed by atoms with Crippen molar-refractivity contribution in [2.75, 3.05) is 4.90 Å². The summed E-state index contributed by atoms with van der Waals surface area (Å²) in [7, 11) is 0. The SMILES string of the molecule is CC(C)c1ccc(N(c2ccccc2)c2ccc(C3=CCC(/C(=C(\C4=CCCC=C4)c4ccccc4)c4ccccc4)C=C3)cc2)cc1. The number of allylic oxidation sites excluding steroid dienone is 10. The van der Waals surface area contributed by atoms with Crippen molar-refractivity contribution in [3.63, 3.8) is 0 Å². The molecule has 1 unspecified atom stereocenters. The molecule has 2 aliphatic carbocycles. The summed E-state index contributed by atoms with van der Waals surface area (Å²) in [6, 6.07) is 50.6. The van der Waals surface area contributed by atoms with Gasteiger partial charge in [-0.1, -0.05) is 153 Å². The molecule has 0 N–H and O–H groups in total. The summed E-state index contributed by atoms with van der Waals surface area (Å²) in [5.41, 5.74) is 13.9. The van der Waals surface area contributed by atoms with E-state index in [1.54, 1.807) is 0 Å². The summed E-state index contributed by atoms with van der Waals surface area (Å²) in [6.07, 6.45) is 17.4. The third-order valence-electron chi connectivity index (χ3n) is 9.46. The molecule has 0 radical (unpaired) electrons. The van der Waals surface area contributed by atoms with Gasteiger partial charge in [-0.15, -0.1) is 0 Å². The molecular weight excluding hydrogens is 579 g/mol. The lowest BCUT2D eigenvalue weighted by Crippen LogP contribution is -2.10. The summed E-state index contributed by atoms with van der Waals surface area (Å²) in [6.45, 7) is 4.48. The third kappa shape index (κ3) is 6.82. The van der Waals surface area contributed by atoms with Crippen molar-refractivity contribution in [2.45, 2.75) is 39.0 Å². The largest absolute Gasteiger partial charge is 0.311 e. The Morgan fingerprint density at radius 1 is 0.583 bits per heavy atom. The Morgan fingerprint density at radius 2 is 1.17 bits per heavy atom. The number of benzene rings is 5. The fraction of sp³-hybridized carbons (Fsp3) is 0.149. The van der Waals surface area contributed by atoms with Gasteiger partial charge in [0.1, 0.15) is 0 Å². The second-order valence-electron chi connectivity index (χ2n) is 13.0. The molecule has 0 aromatic heterocycles. The van der Waals surface area contributed by atoms with Crippen molar-refractivity contribution in [2.24, 2.45) is 5.92 Å². The first-order valence-electron chi connectivity index (χ1n) is 17.3. The van der Waals surface area contributed by atoms with Crippen LogP contribution in [0.5, 0.6) is 0 Å². The van der Waals surface area contributed by atoms with Crippen LogP contribution in [-0.4, -0.2) is 0 Å². The van der Waals surface area contributed by atoms with Gasteiger partial charge in [0.2, 0.25) is 0 Å². The molecule has 0 amide bonds. The highest BCUT2D eigenvalue weighted by Crippen LogP contribution is 2.43. The Labute approximate surface area is 286 Å². The zero-order chi connectivity index (χ0) is 32.7. The lowest BCUT2D eigenvalue weighted by Gasteiger charge is -2.27. The molecule has 2 aliphatic rings. The van der Waals surface area contributed by atoms with Crippen molar-refractivity contribution in [3.8, 4) is 0 Å². The van der Waals surface area contributed by atoms with E-state index in [1.807, 2.05) is 0 Å². The molecule has 1 nitrogen and oxygen atoms in total. The number of para-hydroxylation sites is 1. The molecule has 0 heterocycles. The molecule has 5 aromatic carbocycles. The Hall–Kier alpha value is -5.40. The van der Waals surface area contributed by atoms with Crippen molar-refractivity contribution in [1.82, 2.24) is 0 Å². The fourth-order valence-electron chi connectivity index (χ4n) is 6.93. The maximum atomic E-state index is 2.43. The highest BCUT2D eigenvalue weighted by atomic mass is 15.1. The maximum Gasteiger partial charge on any atom is 0.0462 e. The third-order valence-corrected chi connectivity index (χ3v) is 9.46. The van der Waals surface area contributed by atoms with Crippen LogP contribution in [-0.2, 0) is 0 Å². The first-order chi connectivity index (χ1) is 23.7. The van der Waals surface area contributed by atoms with E-state index in [0.717, 1.165) is 36.3 Å². The minimum atomic E-state index is 0.268. The average molecular weight is 622 g/mol. The number of rotatable bonds is 9. The Balaban J connectivity index is 1.21. The summed E-state index contributed by atoms with van der Waals surface area (Å²) in [5.74, 6) is 0.773. The van der Waals surface area contributed by atoms with Crippen LogP contribution in [0.25, 0.3) is 16.7 Å². The maximum absolute atomic E-state index is 2.43. The molecule has 0 saturated heterocycles. The molecule has 1 heteroatoms. The average Bonchev–Trinajstić information content (AvgIpc) is 3.16. The standard InChI is InChI=1S/C47H43N/c1-35(2)36-27-31-44(32-28-36)48(43-21-13-6-14-22-43)45-33-29-38(30-34-45)37-23-25-42(26-24-37)47(41-19-11-5-12-20-41)46(39-15-7-3-8-16-39)40-17-9-4-10-18-40/h3,5-9,11-25,27-35,42H,4,10,26H2,1-2H3/b47-46-. The lowest BCUT2D eigenvalue weighted by atomic mass is 9.78. The highest BCUT2D eigenvalue weighted by Gasteiger charge is 2.23. The van der Waals surface area contributed by atoms with Gasteiger partial charge in [0.05, 0.1) is 0 Å². The first-order valence-corrected chi connectivity index (χ1v) is 17.3. The van der Waals surface area contributed by atoms with Crippen LogP contribution >= 0.6 is 0 Å². The normalized spacial score (nSPS) is 16.3. The number of hydrogen-bond acceptors (Lipinski definition) is 1. The van der Waals surface area contributed by atoms with E-state index in [0.29, 0.717) is 5.92 Å². The van der Waals surface area contributed by atoms with Crippen LogP contribution in [0.3, 0.4) is 0 Å². The number of anilines is 3. The van der Waals surface area contributed by atoms with Crippen LogP contribution in [0, 0.1) is 5.92 Å². The van der Waals surface area contributed by atoms with Crippen LogP contribution in [0.1, 0.15) is 61.3 Å². The first kappa shape index (κ1) is 31.2. The van der Waals surface area contributed by atoms with Crippen molar-refractivity contribution in [3.05, 3.63) is 204 Å². The smallest absolute Gasteiger partial charge is 0.0462 e. The minimum Gasteiger partial charge on any atom is -0.311 e. The minimum absolute atomic E-state index is 0.268. The molecule has 236 valence electrons. The quantitative estimate of drug-likeness (QED) is 0.148. The molecule has 7 rings (SSSR count). The molecule has 1 atom stereocenters. The summed E-state index contributed by atoms with van der Waals surface area (Å²) in [4.78, 5) is 2.34.